The monoisotopic (exact) mass is 670 g/mol. The third kappa shape index (κ3) is 8.21. The molecule has 3 aromatic carbocycles. The molecule has 0 radical (unpaired) electrons. The van der Waals surface area contributed by atoms with Gasteiger partial charge in [-0.3, -0.25) is 14.4 Å². The maximum Gasteiger partial charge on any atom is 0.272 e. The van der Waals surface area contributed by atoms with E-state index < -0.39 is 17.1 Å². The highest BCUT2D eigenvalue weighted by atomic mass is 32.2. The van der Waals surface area contributed by atoms with Crippen molar-refractivity contribution in [2.45, 2.75) is 17.1 Å². The number of rotatable bonds is 12. The first-order valence-corrected chi connectivity index (χ1v) is 16.7. The van der Waals surface area contributed by atoms with Gasteiger partial charge >= 0.3 is 0 Å². The Morgan fingerprint density at radius 2 is 1.70 bits per heavy atom. The van der Waals surface area contributed by atoms with E-state index in [0.717, 1.165) is 15.5 Å². The Bertz CT molecular complexity index is 1860. The number of ether oxygens (including phenoxy) is 2. The maximum atomic E-state index is 13.6. The molecule has 1 unspecified atom stereocenters. The summed E-state index contributed by atoms with van der Waals surface area (Å²) in [6.07, 6.45) is 1.53. The average molecular weight is 671 g/mol. The van der Waals surface area contributed by atoms with Crippen molar-refractivity contribution in [3.05, 3.63) is 113 Å². The van der Waals surface area contributed by atoms with E-state index in [4.69, 9.17) is 9.47 Å². The number of anilines is 2. The van der Waals surface area contributed by atoms with Crippen LogP contribution in [0.4, 0.5) is 10.8 Å². The van der Waals surface area contributed by atoms with E-state index in [1.807, 2.05) is 29.0 Å². The quantitative estimate of drug-likeness (QED) is 0.0934. The van der Waals surface area contributed by atoms with E-state index in [9.17, 15) is 14.4 Å². The number of carbonyl (C=O) groups is 3. The summed E-state index contributed by atoms with van der Waals surface area (Å²) >= 11 is 4.31. The molecular formula is C34H30N4O5S3. The van der Waals surface area contributed by atoms with Gasteiger partial charge in [0, 0.05) is 27.1 Å². The molecule has 3 N–H and O–H groups in total. The minimum absolute atomic E-state index is 0.00317. The van der Waals surface area contributed by atoms with Gasteiger partial charge in [0.15, 0.2) is 16.6 Å². The second-order valence-electron chi connectivity index (χ2n) is 9.71. The highest BCUT2D eigenvalue weighted by molar-refractivity contribution is 8.00. The maximum absolute atomic E-state index is 13.6. The lowest BCUT2D eigenvalue weighted by atomic mass is 10.1. The zero-order valence-corrected chi connectivity index (χ0v) is 27.6. The molecule has 0 spiro atoms. The Kier molecular flexibility index (Phi) is 10.9. The SMILES string of the molecule is COc1cccc(/C=C(/NC(=O)c2ccccc2)C(=O)Nc2cccc(SC(C)C(=O)Nc3nc(-c4cccs4)cs3)c2)c1OC. The first-order valence-electron chi connectivity index (χ1n) is 14.0. The van der Waals surface area contributed by atoms with Gasteiger partial charge in [0.1, 0.15) is 5.70 Å². The first kappa shape index (κ1) is 32.5. The van der Waals surface area contributed by atoms with Crippen molar-refractivity contribution in [3.63, 3.8) is 0 Å². The van der Waals surface area contributed by atoms with Crippen LogP contribution in [0, 0.1) is 0 Å². The van der Waals surface area contributed by atoms with Gasteiger partial charge in [0.25, 0.3) is 11.8 Å². The van der Waals surface area contributed by atoms with E-state index >= 15 is 0 Å². The molecule has 234 valence electrons. The van der Waals surface area contributed by atoms with Crippen molar-refractivity contribution in [2.75, 3.05) is 24.9 Å². The molecule has 0 aliphatic rings. The predicted octanol–water partition coefficient (Wildman–Crippen LogP) is 7.42. The van der Waals surface area contributed by atoms with Gasteiger partial charge in [0.05, 0.1) is 30.0 Å². The molecule has 0 aliphatic carbocycles. The van der Waals surface area contributed by atoms with Crippen LogP contribution in [0.5, 0.6) is 11.5 Å². The molecule has 0 aliphatic heterocycles. The van der Waals surface area contributed by atoms with Crippen molar-refractivity contribution in [1.82, 2.24) is 10.3 Å². The number of carbonyl (C=O) groups excluding carboxylic acids is 3. The Labute approximate surface area is 278 Å². The molecule has 1 atom stereocenters. The summed E-state index contributed by atoms with van der Waals surface area (Å²) in [4.78, 5) is 46.0. The van der Waals surface area contributed by atoms with Crippen molar-refractivity contribution < 1.29 is 23.9 Å². The molecule has 2 heterocycles. The number of nitrogens with one attached hydrogen (secondary N) is 3. The second-order valence-corrected chi connectivity index (χ2v) is 12.9. The summed E-state index contributed by atoms with van der Waals surface area (Å²) in [6, 6.07) is 25.0. The topological polar surface area (TPSA) is 119 Å². The van der Waals surface area contributed by atoms with Crippen LogP contribution in [0.25, 0.3) is 16.6 Å². The van der Waals surface area contributed by atoms with E-state index in [-0.39, 0.29) is 11.6 Å². The number of aromatic nitrogens is 1. The fourth-order valence-electron chi connectivity index (χ4n) is 4.30. The zero-order chi connectivity index (χ0) is 32.5. The van der Waals surface area contributed by atoms with Crippen LogP contribution in [0.3, 0.4) is 0 Å². The van der Waals surface area contributed by atoms with Gasteiger partial charge in [-0.15, -0.1) is 34.4 Å². The Morgan fingerprint density at radius 1 is 0.891 bits per heavy atom. The molecule has 12 heteroatoms. The van der Waals surface area contributed by atoms with Gasteiger partial charge in [-0.1, -0.05) is 42.5 Å². The first-order chi connectivity index (χ1) is 22.3. The van der Waals surface area contributed by atoms with Crippen molar-refractivity contribution in [2.24, 2.45) is 0 Å². The molecule has 9 nitrogen and oxygen atoms in total. The molecule has 0 bridgehead atoms. The van der Waals surface area contributed by atoms with Gasteiger partial charge < -0.3 is 25.4 Å². The van der Waals surface area contributed by atoms with Gasteiger partial charge in [-0.25, -0.2) is 4.98 Å². The molecule has 0 fully saturated rings. The lowest BCUT2D eigenvalue weighted by Crippen LogP contribution is -2.30. The van der Waals surface area contributed by atoms with E-state index in [1.54, 1.807) is 85.0 Å². The third-order valence-corrected chi connectivity index (χ3v) is 9.29. The fourth-order valence-corrected chi connectivity index (χ4v) is 6.70. The number of nitrogens with zero attached hydrogens (tertiary/aromatic N) is 1. The Hall–Kier alpha value is -4.91. The molecule has 3 amide bonds. The van der Waals surface area contributed by atoms with Crippen molar-refractivity contribution >= 4 is 69.1 Å². The number of methoxy groups -OCH3 is 2. The number of hydrogen-bond donors (Lipinski definition) is 3. The van der Waals surface area contributed by atoms with Gasteiger partial charge in [-0.05, 0) is 60.8 Å². The smallest absolute Gasteiger partial charge is 0.272 e. The lowest BCUT2D eigenvalue weighted by molar-refractivity contribution is -0.115. The second kappa shape index (κ2) is 15.4. The van der Waals surface area contributed by atoms with Crippen molar-refractivity contribution in [1.29, 1.82) is 0 Å². The molecule has 5 aromatic rings. The van der Waals surface area contributed by atoms with Crippen LogP contribution >= 0.6 is 34.4 Å². The average Bonchev–Trinajstić information content (AvgIpc) is 3.77. The summed E-state index contributed by atoms with van der Waals surface area (Å²) in [5, 5.41) is 12.5. The van der Waals surface area contributed by atoms with Crippen LogP contribution in [0.2, 0.25) is 0 Å². The predicted molar refractivity (Wildman–Crippen MR) is 186 cm³/mol. The van der Waals surface area contributed by atoms with Crippen molar-refractivity contribution in [3.8, 4) is 22.1 Å². The molecule has 46 heavy (non-hydrogen) atoms. The molecular weight excluding hydrogens is 641 g/mol. The highest BCUT2D eigenvalue weighted by Gasteiger charge is 2.19. The number of para-hydroxylation sites is 1. The van der Waals surface area contributed by atoms with E-state index in [2.05, 4.69) is 20.9 Å². The summed E-state index contributed by atoms with van der Waals surface area (Å²) in [6.45, 7) is 1.81. The van der Waals surface area contributed by atoms with Crippen LogP contribution in [-0.2, 0) is 9.59 Å². The Morgan fingerprint density at radius 3 is 2.43 bits per heavy atom. The molecule has 0 saturated carbocycles. The third-order valence-electron chi connectivity index (χ3n) is 6.54. The zero-order valence-electron chi connectivity index (χ0n) is 25.1. The standard InChI is InChI=1S/C34H30N4O5S3/c1-21(31(39)38-34-37-27(20-45-34)29-16-9-17-44-29)46-25-14-8-13-24(19-25)35-33(41)26(36-32(40)22-10-5-4-6-11-22)18-23-12-7-15-28(42-2)30(23)43-3/h4-21H,1-3H3,(H,35,41)(H,36,40)(H,37,38,39)/b26-18+. The summed E-state index contributed by atoms with van der Waals surface area (Å²) in [5.41, 5.74) is 2.24. The van der Waals surface area contributed by atoms with Gasteiger partial charge in [0.2, 0.25) is 5.91 Å². The van der Waals surface area contributed by atoms with Gasteiger partial charge in [-0.2, -0.15) is 0 Å². The number of thioether (sulfide) groups is 1. The van der Waals surface area contributed by atoms with Crippen LogP contribution in [0.15, 0.2) is 106 Å². The number of hydrogen-bond acceptors (Lipinski definition) is 9. The number of amides is 3. The molecule has 5 rings (SSSR count). The van der Waals surface area contributed by atoms with Crippen LogP contribution in [-0.4, -0.2) is 42.2 Å². The molecule has 2 aromatic heterocycles. The molecule has 0 saturated heterocycles. The number of benzene rings is 3. The highest BCUT2D eigenvalue weighted by Crippen LogP contribution is 2.33. The Balaban J connectivity index is 1.31. The number of thiazole rings is 1. The largest absolute Gasteiger partial charge is 0.493 e. The minimum Gasteiger partial charge on any atom is -0.493 e. The van der Waals surface area contributed by atoms with E-state index in [1.165, 1.54) is 43.4 Å². The normalized spacial score (nSPS) is 11.8. The van der Waals surface area contributed by atoms with Crippen LogP contribution in [0.1, 0.15) is 22.8 Å². The minimum atomic E-state index is -0.549. The summed E-state index contributed by atoms with van der Waals surface area (Å²) in [5.74, 6) is -0.294. The van der Waals surface area contributed by atoms with Crippen LogP contribution < -0.4 is 25.4 Å². The summed E-state index contributed by atoms with van der Waals surface area (Å²) < 4.78 is 10.9. The lowest BCUT2D eigenvalue weighted by Gasteiger charge is -2.15. The number of thiophene rings is 1. The summed E-state index contributed by atoms with van der Waals surface area (Å²) in [7, 11) is 3.02. The van der Waals surface area contributed by atoms with E-state index in [0.29, 0.717) is 33.4 Å². The fraction of sp³-hybridized carbons (Fsp3) is 0.118.